The van der Waals surface area contributed by atoms with Crippen LogP contribution in [-0.4, -0.2) is 4.98 Å². The smallest absolute Gasteiger partial charge is 0.138 e. The standard InChI is InChI=1S/C45H28N2OS/c1-2-9-29(10-3-1)30-16-20-32(21-17-30)47(34-24-25-43-39(27-34)35-11-5-7-15-42(35)49-43)33-22-18-31(19-23-33)38-28-41-44(45-36(38)13-8-26-46-45)37-12-4-6-14-40(37)48-41/h1-28H. The van der Waals surface area contributed by atoms with Gasteiger partial charge in [-0.1, -0.05) is 97.1 Å². The van der Waals surface area contributed by atoms with Crippen LogP contribution in [0.25, 0.3) is 75.3 Å². The van der Waals surface area contributed by atoms with Crippen molar-refractivity contribution in [3.05, 3.63) is 170 Å². The second-order valence-electron chi connectivity index (χ2n) is 12.4. The van der Waals surface area contributed by atoms with Crippen molar-refractivity contribution in [2.45, 2.75) is 0 Å². The molecule has 0 N–H and O–H groups in total. The predicted octanol–water partition coefficient (Wildman–Crippen LogP) is 13.3. The quantitative estimate of drug-likeness (QED) is 0.187. The highest BCUT2D eigenvalue weighted by Crippen LogP contribution is 2.43. The van der Waals surface area contributed by atoms with Crippen LogP contribution in [0.5, 0.6) is 0 Å². The molecule has 0 fully saturated rings. The molecule has 10 aromatic rings. The summed E-state index contributed by atoms with van der Waals surface area (Å²) < 4.78 is 8.95. The van der Waals surface area contributed by atoms with E-state index >= 15 is 0 Å². The summed E-state index contributed by atoms with van der Waals surface area (Å²) in [7, 11) is 0. The molecule has 0 amide bonds. The summed E-state index contributed by atoms with van der Waals surface area (Å²) in [4.78, 5) is 7.20. The number of nitrogens with zero attached hydrogens (tertiary/aromatic N) is 2. The van der Waals surface area contributed by atoms with Gasteiger partial charge in [0.15, 0.2) is 0 Å². The third-order valence-corrected chi connectivity index (χ3v) is 10.7. The van der Waals surface area contributed by atoms with Gasteiger partial charge in [-0.15, -0.1) is 11.3 Å². The number of anilines is 3. The molecule has 0 radical (unpaired) electrons. The van der Waals surface area contributed by atoms with Crippen molar-refractivity contribution in [2.75, 3.05) is 4.90 Å². The molecule has 3 nitrogen and oxygen atoms in total. The zero-order chi connectivity index (χ0) is 32.3. The lowest BCUT2D eigenvalue weighted by atomic mass is 9.97. The second-order valence-corrected chi connectivity index (χ2v) is 13.5. The van der Waals surface area contributed by atoms with Gasteiger partial charge < -0.3 is 9.32 Å². The van der Waals surface area contributed by atoms with Gasteiger partial charge in [0.1, 0.15) is 11.2 Å². The topological polar surface area (TPSA) is 29.3 Å². The monoisotopic (exact) mass is 644 g/mol. The number of para-hydroxylation sites is 1. The SMILES string of the molecule is c1ccc(-c2ccc(N(c3ccc(-c4cc5oc6ccccc6c5c5ncccc45)cc3)c3ccc4sc5ccccc5c4c3)cc2)cc1. The average Bonchev–Trinajstić information content (AvgIpc) is 3.74. The average molecular weight is 645 g/mol. The molecule has 0 unspecified atom stereocenters. The maximum absolute atomic E-state index is 6.35. The lowest BCUT2D eigenvalue weighted by Gasteiger charge is -2.26. The van der Waals surface area contributed by atoms with E-state index in [1.807, 2.05) is 35.7 Å². The van der Waals surface area contributed by atoms with E-state index in [1.54, 1.807) is 0 Å². The van der Waals surface area contributed by atoms with Crippen molar-refractivity contribution in [1.29, 1.82) is 0 Å². The summed E-state index contributed by atoms with van der Waals surface area (Å²) in [5.74, 6) is 0. The molecule has 3 heterocycles. The molecule has 0 atom stereocenters. The summed E-state index contributed by atoms with van der Waals surface area (Å²) in [6.45, 7) is 0. The molecular weight excluding hydrogens is 617 g/mol. The molecular formula is C45H28N2OS. The van der Waals surface area contributed by atoms with Gasteiger partial charge in [-0.3, -0.25) is 4.98 Å². The lowest BCUT2D eigenvalue weighted by Crippen LogP contribution is -2.09. The number of benzene rings is 7. The number of rotatable bonds is 5. The third kappa shape index (κ3) is 4.61. The first-order chi connectivity index (χ1) is 24.3. The van der Waals surface area contributed by atoms with Crippen molar-refractivity contribution in [1.82, 2.24) is 4.98 Å². The first-order valence-corrected chi connectivity index (χ1v) is 17.3. The summed E-state index contributed by atoms with van der Waals surface area (Å²) in [6, 6.07) is 58.4. The summed E-state index contributed by atoms with van der Waals surface area (Å²) in [5, 5.41) is 5.83. The molecule has 0 aliphatic rings. The van der Waals surface area contributed by atoms with Crippen LogP contribution in [0, 0.1) is 0 Å². The number of hydrogen-bond acceptors (Lipinski definition) is 4. The van der Waals surface area contributed by atoms with Crippen LogP contribution in [0.3, 0.4) is 0 Å². The van der Waals surface area contributed by atoms with Gasteiger partial charge in [0.05, 0.1) is 10.9 Å². The minimum atomic E-state index is 0.850. The Morgan fingerprint density at radius 1 is 0.449 bits per heavy atom. The molecule has 4 heteroatoms. The molecule has 0 aliphatic heterocycles. The van der Waals surface area contributed by atoms with Gasteiger partial charge in [0.2, 0.25) is 0 Å². The zero-order valence-electron chi connectivity index (χ0n) is 26.4. The van der Waals surface area contributed by atoms with E-state index in [9.17, 15) is 0 Å². The fourth-order valence-corrected chi connectivity index (χ4v) is 8.29. The van der Waals surface area contributed by atoms with E-state index in [4.69, 9.17) is 9.40 Å². The first kappa shape index (κ1) is 27.8. The Labute approximate surface area is 286 Å². The first-order valence-electron chi connectivity index (χ1n) is 16.4. The maximum Gasteiger partial charge on any atom is 0.138 e. The number of aromatic nitrogens is 1. The molecule has 230 valence electrons. The second kappa shape index (κ2) is 11.2. The summed E-state index contributed by atoms with van der Waals surface area (Å²) >= 11 is 1.84. The van der Waals surface area contributed by atoms with Crippen LogP contribution in [0.2, 0.25) is 0 Å². The molecule has 0 spiro atoms. The third-order valence-electron chi connectivity index (χ3n) is 9.52. The summed E-state index contributed by atoms with van der Waals surface area (Å²) in [5.41, 5.74) is 10.6. The van der Waals surface area contributed by atoms with Crippen molar-refractivity contribution < 1.29 is 4.42 Å². The molecule has 10 rings (SSSR count). The van der Waals surface area contributed by atoms with E-state index in [1.165, 1.54) is 31.3 Å². The van der Waals surface area contributed by atoms with E-state index in [2.05, 4.69) is 150 Å². The van der Waals surface area contributed by atoms with Gasteiger partial charge in [-0.05, 0) is 89.0 Å². The van der Waals surface area contributed by atoms with E-state index in [0.29, 0.717) is 0 Å². The maximum atomic E-state index is 6.35. The Morgan fingerprint density at radius 3 is 1.90 bits per heavy atom. The van der Waals surface area contributed by atoms with E-state index < -0.39 is 0 Å². The number of fused-ring (bicyclic) bond motifs is 8. The van der Waals surface area contributed by atoms with Gasteiger partial charge in [-0.25, -0.2) is 0 Å². The molecule has 0 aliphatic carbocycles. The number of thiophene rings is 1. The highest BCUT2D eigenvalue weighted by molar-refractivity contribution is 7.25. The van der Waals surface area contributed by atoms with Gasteiger partial charge >= 0.3 is 0 Å². The van der Waals surface area contributed by atoms with Crippen LogP contribution in [0.15, 0.2) is 174 Å². The van der Waals surface area contributed by atoms with Crippen LogP contribution < -0.4 is 4.90 Å². The van der Waals surface area contributed by atoms with Crippen molar-refractivity contribution in [3.8, 4) is 22.3 Å². The molecule has 7 aromatic carbocycles. The van der Waals surface area contributed by atoms with Gasteiger partial charge in [-0.2, -0.15) is 0 Å². The Morgan fingerprint density at radius 2 is 1.08 bits per heavy atom. The number of furan rings is 1. The predicted molar refractivity (Wildman–Crippen MR) is 207 cm³/mol. The van der Waals surface area contributed by atoms with Crippen molar-refractivity contribution in [3.63, 3.8) is 0 Å². The Bertz CT molecular complexity index is 2810. The number of hydrogen-bond donors (Lipinski definition) is 0. The normalized spacial score (nSPS) is 11.7. The summed E-state index contributed by atoms with van der Waals surface area (Å²) in [6.07, 6.45) is 1.87. The van der Waals surface area contributed by atoms with Gasteiger partial charge in [0, 0.05) is 54.2 Å². The lowest BCUT2D eigenvalue weighted by molar-refractivity contribution is 0.669. The van der Waals surface area contributed by atoms with Crippen LogP contribution in [-0.2, 0) is 0 Å². The fourth-order valence-electron chi connectivity index (χ4n) is 7.20. The van der Waals surface area contributed by atoms with Crippen LogP contribution >= 0.6 is 11.3 Å². The zero-order valence-corrected chi connectivity index (χ0v) is 27.2. The highest BCUT2D eigenvalue weighted by Gasteiger charge is 2.18. The van der Waals surface area contributed by atoms with E-state index in [0.717, 1.165) is 61.0 Å². The van der Waals surface area contributed by atoms with Crippen LogP contribution in [0.1, 0.15) is 0 Å². The fraction of sp³-hybridized carbons (Fsp3) is 0. The number of pyridine rings is 1. The van der Waals surface area contributed by atoms with E-state index in [-0.39, 0.29) is 0 Å². The van der Waals surface area contributed by atoms with Crippen molar-refractivity contribution in [2.24, 2.45) is 0 Å². The van der Waals surface area contributed by atoms with Gasteiger partial charge in [0.25, 0.3) is 0 Å². The Kier molecular flexibility index (Phi) is 6.36. The van der Waals surface area contributed by atoms with Crippen molar-refractivity contribution >= 4 is 81.4 Å². The molecule has 3 aromatic heterocycles. The molecule has 0 bridgehead atoms. The Hall–Kier alpha value is -6.23. The molecule has 0 saturated carbocycles. The molecule has 49 heavy (non-hydrogen) atoms. The molecule has 0 saturated heterocycles. The highest BCUT2D eigenvalue weighted by atomic mass is 32.1. The minimum Gasteiger partial charge on any atom is -0.456 e. The Balaban J connectivity index is 1.12. The minimum absolute atomic E-state index is 0.850. The van der Waals surface area contributed by atoms with Crippen LogP contribution in [0.4, 0.5) is 17.1 Å². The largest absolute Gasteiger partial charge is 0.456 e.